The first-order valence-corrected chi connectivity index (χ1v) is 7.01. The van der Waals surface area contributed by atoms with Crippen LogP contribution in [0.5, 0.6) is 0 Å². The molecule has 4 heteroatoms. The first-order chi connectivity index (χ1) is 10.0. The number of ether oxygens (including phenoxy) is 1. The highest BCUT2D eigenvalue weighted by molar-refractivity contribution is 6.07. The van der Waals surface area contributed by atoms with Gasteiger partial charge in [-0.15, -0.1) is 0 Å². The zero-order valence-electron chi connectivity index (χ0n) is 12.4. The number of methoxy groups -OCH3 is 1. The molecule has 0 aromatic heterocycles. The molecule has 0 spiro atoms. The van der Waals surface area contributed by atoms with Gasteiger partial charge in [-0.05, 0) is 23.8 Å². The van der Waals surface area contributed by atoms with Crippen LogP contribution in [0.1, 0.15) is 23.7 Å². The van der Waals surface area contributed by atoms with Crippen molar-refractivity contribution in [2.45, 2.75) is 18.9 Å². The highest BCUT2D eigenvalue weighted by Gasteiger charge is 2.21. The van der Waals surface area contributed by atoms with E-state index in [2.05, 4.69) is 5.32 Å². The van der Waals surface area contributed by atoms with E-state index in [0.29, 0.717) is 18.6 Å². The number of carbonyl (C=O) groups is 1. The summed E-state index contributed by atoms with van der Waals surface area (Å²) in [4.78, 5) is 12.3. The predicted molar refractivity (Wildman–Crippen MR) is 83.4 cm³/mol. The fourth-order valence-electron chi connectivity index (χ4n) is 2.20. The molecule has 21 heavy (non-hydrogen) atoms. The summed E-state index contributed by atoms with van der Waals surface area (Å²) in [5.74, 6) is -0.176. The lowest BCUT2D eigenvalue weighted by Crippen LogP contribution is -2.41. The van der Waals surface area contributed by atoms with Gasteiger partial charge < -0.3 is 15.2 Å². The second kappa shape index (κ2) is 6.70. The van der Waals surface area contributed by atoms with Gasteiger partial charge in [-0.1, -0.05) is 36.4 Å². The van der Waals surface area contributed by atoms with Gasteiger partial charge in [-0.2, -0.15) is 0 Å². The normalized spacial score (nSPS) is 13.9. The van der Waals surface area contributed by atoms with Gasteiger partial charge in [0.2, 0.25) is 0 Å². The second-order valence-corrected chi connectivity index (χ2v) is 5.45. The van der Waals surface area contributed by atoms with Crippen LogP contribution in [0, 0.1) is 0 Å². The Morgan fingerprint density at radius 2 is 1.95 bits per heavy atom. The molecule has 0 bridgehead atoms. The molecule has 2 rings (SSSR count). The van der Waals surface area contributed by atoms with E-state index in [9.17, 15) is 9.90 Å². The van der Waals surface area contributed by atoms with Crippen molar-refractivity contribution >= 4 is 16.7 Å². The third kappa shape index (κ3) is 4.03. The number of aliphatic hydroxyl groups is 1. The lowest BCUT2D eigenvalue weighted by molar-refractivity contribution is 0.0244. The summed E-state index contributed by atoms with van der Waals surface area (Å²) < 4.78 is 4.95. The maximum atomic E-state index is 12.3. The molecule has 0 aliphatic heterocycles. The minimum absolute atomic E-state index is 0.176. The third-order valence-electron chi connectivity index (χ3n) is 3.51. The Bertz CT molecular complexity index is 617. The fraction of sp³-hybridized carbons (Fsp3) is 0.353. The Hall–Kier alpha value is -1.91. The average molecular weight is 287 g/mol. The Morgan fingerprint density at radius 1 is 1.24 bits per heavy atom. The monoisotopic (exact) mass is 287 g/mol. The fourth-order valence-corrected chi connectivity index (χ4v) is 2.20. The number of fused-ring (bicyclic) bond motifs is 1. The Kier molecular flexibility index (Phi) is 4.94. The quantitative estimate of drug-likeness (QED) is 0.857. The number of carbonyl (C=O) groups excluding carboxylic acids is 1. The van der Waals surface area contributed by atoms with Gasteiger partial charge in [0.25, 0.3) is 5.91 Å². The molecule has 112 valence electrons. The summed E-state index contributed by atoms with van der Waals surface area (Å²) in [6.07, 6.45) is 0.472. The molecule has 1 atom stereocenters. The van der Waals surface area contributed by atoms with Gasteiger partial charge in [0.15, 0.2) is 0 Å². The second-order valence-electron chi connectivity index (χ2n) is 5.45. The topological polar surface area (TPSA) is 58.6 Å². The Labute approximate surface area is 124 Å². The van der Waals surface area contributed by atoms with E-state index < -0.39 is 5.60 Å². The summed E-state index contributed by atoms with van der Waals surface area (Å²) >= 11 is 0. The van der Waals surface area contributed by atoms with E-state index in [4.69, 9.17) is 4.74 Å². The van der Waals surface area contributed by atoms with Crippen molar-refractivity contribution in [1.29, 1.82) is 0 Å². The van der Waals surface area contributed by atoms with Crippen molar-refractivity contribution in [3.8, 4) is 0 Å². The van der Waals surface area contributed by atoms with E-state index >= 15 is 0 Å². The first kappa shape index (κ1) is 15.5. The van der Waals surface area contributed by atoms with Crippen molar-refractivity contribution in [1.82, 2.24) is 5.32 Å². The Balaban J connectivity index is 2.09. The predicted octanol–water partition coefficient (Wildman–Crippen LogP) is 2.36. The molecule has 0 fully saturated rings. The van der Waals surface area contributed by atoms with Crippen LogP contribution in [0.3, 0.4) is 0 Å². The minimum atomic E-state index is -0.976. The van der Waals surface area contributed by atoms with Crippen LogP contribution in [0.2, 0.25) is 0 Å². The smallest absolute Gasteiger partial charge is 0.252 e. The van der Waals surface area contributed by atoms with Crippen molar-refractivity contribution < 1.29 is 14.6 Å². The zero-order valence-corrected chi connectivity index (χ0v) is 12.4. The van der Waals surface area contributed by atoms with Gasteiger partial charge in [-0.3, -0.25) is 4.79 Å². The van der Waals surface area contributed by atoms with Crippen LogP contribution < -0.4 is 5.32 Å². The number of amides is 1. The van der Waals surface area contributed by atoms with Crippen molar-refractivity contribution in [2.24, 2.45) is 0 Å². The molecule has 0 saturated heterocycles. The molecule has 0 saturated carbocycles. The van der Waals surface area contributed by atoms with E-state index in [0.717, 1.165) is 10.8 Å². The molecule has 2 aromatic carbocycles. The largest absolute Gasteiger partial charge is 0.388 e. The summed E-state index contributed by atoms with van der Waals surface area (Å²) in [5.41, 5.74) is -0.355. The van der Waals surface area contributed by atoms with Crippen LogP contribution in [-0.4, -0.2) is 36.9 Å². The molecule has 0 radical (unpaired) electrons. The van der Waals surface area contributed by atoms with E-state index in [-0.39, 0.29) is 12.5 Å². The number of hydrogen-bond donors (Lipinski definition) is 2. The van der Waals surface area contributed by atoms with Gasteiger partial charge in [0.05, 0.1) is 5.60 Å². The summed E-state index contributed by atoms with van der Waals surface area (Å²) in [6, 6.07) is 13.4. The van der Waals surface area contributed by atoms with Crippen molar-refractivity contribution in [3.63, 3.8) is 0 Å². The minimum Gasteiger partial charge on any atom is -0.388 e. The molecule has 0 aliphatic rings. The SMILES string of the molecule is COCCC(C)(O)CNC(=O)c1cccc2ccccc12. The molecule has 0 aliphatic carbocycles. The van der Waals surface area contributed by atoms with E-state index in [1.807, 2.05) is 36.4 Å². The van der Waals surface area contributed by atoms with Crippen LogP contribution in [0.25, 0.3) is 10.8 Å². The highest BCUT2D eigenvalue weighted by Crippen LogP contribution is 2.18. The maximum absolute atomic E-state index is 12.3. The first-order valence-electron chi connectivity index (χ1n) is 7.01. The lowest BCUT2D eigenvalue weighted by atomic mass is 10.0. The molecule has 2 aromatic rings. The molecule has 1 amide bonds. The van der Waals surface area contributed by atoms with Gasteiger partial charge in [-0.25, -0.2) is 0 Å². The van der Waals surface area contributed by atoms with Gasteiger partial charge in [0, 0.05) is 32.2 Å². The van der Waals surface area contributed by atoms with Gasteiger partial charge in [0.1, 0.15) is 0 Å². The van der Waals surface area contributed by atoms with E-state index in [1.54, 1.807) is 20.1 Å². The third-order valence-corrected chi connectivity index (χ3v) is 3.51. The molecule has 2 N–H and O–H groups in total. The van der Waals surface area contributed by atoms with Crippen molar-refractivity contribution in [3.05, 3.63) is 48.0 Å². The molecule has 0 heterocycles. The standard InChI is InChI=1S/C17H21NO3/c1-17(20,10-11-21-2)12-18-16(19)15-9-5-7-13-6-3-4-8-14(13)15/h3-9,20H,10-12H2,1-2H3,(H,18,19). The van der Waals surface area contributed by atoms with Crippen LogP contribution >= 0.6 is 0 Å². The highest BCUT2D eigenvalue weighted by atomic mass is 16.5. The summed E-state index contributed by atoms with van der Waals surface area (Å²) in [6.45, 7) is 2.34. The number of nitrogens with one attached hydrogen (secondary N) is 1. The molecule has 1 unspecified atom stereocenters. The molecule has 4 nitrogen and oxygen atoms in total. The summed E-state index contributed by atoms with van der Waals surface area (Å²) in [7, 11) is 1.59. The van der Waals surface area contributed by atoms with Crippen LogP contribution in [0.4, 0.5) is 0 Å². The zero-order chi connectivity index (χ0) is 15.3. The molecular weight excluding hydrogens is 266 g/mol. The van der Waals surface area contributed by atoms with Gasteiger partial charge >= 0.3 is 0 Å². The van der Waals surface area contributed by atoms with Crippen LogP contribution in [0.15, 0.2) is 42.5 Å². The lowest BCUT2D eigenvalue weighted by Gasteiger charge is -2.23. The average Bonchev–Trinajstić information content (AvgIpc) is 2.50. The van der Waals surface area contributed by atoms with E-state index in [1.165, 1.54) is 0 Å². The number of hydrogen-bond acceptors (Lipinski definition) is 3. The maximum Gasteiger partial charge on any atom is 0.252 e. The Morgan fingerprint density at radius 3 is 2.71 bits per heavy atom. The summed E-state index contributed by atoms with van der Waals surface area (Å²) in [5, 5.41) is 14.9. The van der Waals surface area contributed by atoms with Crippen LogP contribution in [-0.2, 0) is 4.74 Å². The van der Waals surface area contributed by atoms with Crippen molar-refractivity contribution in [2.75, 3.05) is 20.3 Å². The number of benzene rings is 2. The molecular formula is C17H21NO3. The number of rotatable bonds is 6.